The Morgan fingerprint density at radius 1 is 0.811 bits per heavy atom. The third-order valence-electron chi connectivity index (χ3n) is 4.66. The molecule has 3 aromatic rings. The molecule has 0 saturated heterocycles. The van der Waals surface area contributed by atoms with E-state index < -0.39 is 45.7 Å². The number of nitrogens with one attached hydrogen (secondary N) is 2. The normalized spacial score (nSPS) is 11.2. The molecule has 0 saturated carbocycles. The maximum Gasteiger partial charge on any atom is 0.416 e. The van der Waals surface area contributed by atoms with Crippen LogP contribution in [0.3, 0.4) is 0 Å². The lowest BCUT2D eigenvalue weighted by Crippen LogP contribution is -2.18. The van der Waals surface area contributed by atoms with Crippen molar-refractivity contribution >= 4 is 87.3 Å². The SMILES string of the molecule is O=C(CSc1ccc(NC(=O)c2c(Cl)c(Cl)c(Cl)c(Cl)c2C(=O)O)cc1)Nc1cccc(C(F)(F)F)c1. The first-order valence-corrected chi connectivity index (χ1v) is 12.4. The summed E-state index contributed by atoms with van der Waals surface area (Å²) in [6, 6.07) is 10.4. The van der Waals surface area contributed by atoms with Crippen molar-refractivity contribution in [2.75, 3.05) is 16.4 Å². The summed E-state index contributed by atoms with van der Waals surface area (Å²) in [4.78, 5) is 37.2. The van der Waals surface area contributed by atoms with Gasteiger partial charge in [0.1, 0.15) is 0 Å². The van der Waals surface area contributed by atoms with Gasteiger partial charge in [0.05, 0.1) is 42.5 Å². The van der Waals surface area contributed by atoms with Gasteiger partial charge in [-0.05, 0) is 42.5 Å². The molecule has 3 aromatic carbocycles. The standard InChI is InChI=1S/C23H13Cl4F3N2O4S/c24-17-15(16(22(35)36)18(25)20(27)19(17)26)21(34)32-11-4-6-13(7-5-11)37-9-14(33)31-12-3-1-2-10(8-12)23(28,29)30/h1-8H,9H2,(H,31,33)(H,32,34)(H,35,36). The summed E-state index contributed by atoms with van der Waals surface area (Å²) in [6.07, 6.45) is -4.53. The number of carbonyl (C=O) groups is 3. The van der Waals surface area contributed by atoms with E-state index in [1.807, 2.05) is 0 Å². The number of aromatic carboxylic acids is 1. The maximum absolute atomic E-state index is 12.8. The second kappa shape index (κ2) is 11.8. The molecule has 0 aliphatic carbocycles. The summed E-state index contributed by atoms with van der Waals surface area (Å²) in [5, 5.41) is 13.0. The molecular weight excluding hydrogens is 599 g/mol. The molecule has 0 fully saturated rings. The highest BCUT2D eigenvalue weighted by Gasteiger charge is 2.31. The van der Waals surface area contributed by atoms with E-state index in [1.165, 1.54) is 24.3 Å². The Hall–Kier alpha value is -2.63. The maximum atomic E-state index is 12.8. The summed E-state index contributed by atoms with van der Waals surface area (Å²) in [6.45, 7) is 0. The van der Waals surface area contributed by atoms with E-state index in [2.05, 4.69) is 10.6 Å². The topological polar surface area (TPSA) is 95.5 Å². The highest BCUT2D eigenvalue weighted by Crippen LogP contribution is 2.42. The second-order valence-electron chi connectivity index (χ2n) is 7.20. The number of amides is 2. The third-order valence-corrected chi connectivity index (χ3v) is 7.48. The molecule has 194 valence electrons. The predicted octanol–water partition coefficient (Wildman–Crippen LogP) is 8.00. The Balaban J connectivity index is 1.65. The van der Waals surface area contributed by atoms with E-state index in [0.29, 0.717) is 4.90 Å². The number of carboxylic acids is 1. The van der Waals surface area contributed by atoms with E-state index in [4.69, 9.17) is 46.4 Å². The average Bonchev–Trinajstić information content (AvgIpc) is 2.83. The van der Waals surface area contributed by atoms with Gasteiger partial charge < -0.3 is 15.7 Å². The molecule has 0 spiro atoms. The van der Waals surface area contributed by atoms with Crippen LogP contribution in [0, 0.1) is 0 Å². The molecule has 0 heterocycles. The molecule has 3 rings (SSSR count). The Morgan fingerprint density at radius 2 is 1.41 bits per heavy atom. The number of thioether (sulfide) groups is 1. The largest absolute Gasteiger partial charge is 0.478 e. The van der Waals surface area contributed by atoms with Gasteiger partial charge >= 0.3 is 12.1 Å². The minimum absolute atomic E-state index is 0.0142. The summed E-state index contributed by atoms with van der Waals surface area (Å²) in [7, 11) is 0. The van der Waals surface area contributed by atoms with Crippen molar-refractivity contribution in [3.8, 4) is 0 Å². The van der Waals surface area contributed by atoms with Crippen molar-refractivity contribution in [1.29, 1.82) is 0 Å². The quantitative estimate of drug-likeness (QED) is 0.143. The molecule has 0 aliphatic heterocycles. The molecule has 0 unspecified atom stereocenters. The Morgan fingerprint density at radius 3 is 1.97 bits per heavy atom. The van der Waals surface area contributed by atoms with Gasteiger partial charge in [-0.15, -0.1) is 11.8 Å². The van der Waals surface area contributed by atoms with Crippen LogP contribution in [-0.2, 0) is 11.0 Å². The van der Waals surface area contributed by atoms with Crippen molar-refractivity contribution in [1.82, 2.24) is 0 Å². The van der Waals surface area contributed by atoms with Crippen LogP contribution in [0.1, 0.15) is 26.3 Å². The summed E-state index contributed by atoms with van der Waals surface area (Å²) < 4.78 is 38.4. The highest BCUT2D eigenvalue weighted by molar-refractivity contribution is 8.00. The molecule has 14 heteroatoms. The minimum Gasteiger partial charge on any atom is -0.478 e. The minimum atomic E-state index is -4.53. The fourth-order valence-corrected chi connectivity index (χ4v) is 4.71. The first-order valence-electron chi connectivity index (χ1n) is 9.90. The predicted molar refractivity (Wildman–Crippen MR) is 139 cm³/mol. The van der Waals surface area contributed by atoms with Crippen molar-refractivity contribution in [2.45, 2.75) is 11.1 Å². The van der Waals surface area contributed by atoms with Crippen LogP contribution in [0.5, 0.6) is 0 Å². The van der Waals surface area contributed by atoms with Gasteiger partial charge in [0.25, 0.3) is 5.91 Å². The average molecular weight is 612 g/mol. The van der Waals surface area contributed by atoms with Crippen LogP contribution in [0.2, 0.25) is 20.1 Å². The van der Waals surface area contributed by atoms with E-state index >= 15 is 0 Å². The Labute approximate surface area is 232 Å². The first kappa shape index (κ1) is 28.9. The van der Waals surface area contributed by atoms with Crippen LogP contribution >= 0.6 is 58.2 Å². The molecule has 0 bridgehead atoms. The molecule has 37 heavy (non-hydrogen) atoms. The van der Waals surface area contributed by atoms with Crippen LogP contribution in [-0.4, -0.2) is 28.6 Å². The highest BCUT2D eigenvalue weighted by atomic mass is 35.5. The monoisotopic (exact) mass is 610 g/mol. The Bertz CT molecular complexity index is 1390. The van der Waals surface area contributed by atoms with Gasteiger partial charge in [-0.1, -0.05) is 52.5 Å². The van der Waals surface area contributed by atoms with E-state index in [1.54, 1.807) is 12.1 Å². The van der Waals surface area contributed by atoms with Crippen molar-refractivity contribution in [3.63, 3.8) is 0 Å². The van der Waals surface area contributed by atoms with E-state index in [9.17, 15) is 32.7 Å². The summed E-state index contributed by atoms with van der Waals surface area (Å²) in [5.41, 5.74) is -1.69. The van der Waals surface area contributed by atoms with Gasteiger partial charge in [-0.25, -0.2) is 4.79 Å². The molecule has 0 aromatic heterocycles. The number of hydrogen-bond donors (Lipinski definition) is 3. The number of carboxylic acid groups (broad SMARTS) is 1. The number of halogens is 7. The van der Waals surface area contributed by atoms with Gasteiger partial charge in [0, 0.05) is 16.3 Å². The lowest BCUT2D eigenvalue weighted by molar-refractivity contribution is -0.137. The molecule has 0 radical (unpaired) electrons. The number of carbonyl (C=O) groups excluding carboxylic acids is 2. The van der Waals surface area contributed by atoms with Crippen LogP contribution < -0.4 is 10.6 Å². The smallest absolute Gasteiger partial charge is 0.416 e. The second-order valence-corrected chi connectivity index (χ2v) is 9.77. The van der Waals surface area contributed by atoms with Gasteiger partial charge in [0.2, 0.25) is 5.91 Å². The van der Waals surface area contributed by atoms with Crippen molar-refractivity contribution < 1.29 is 32.7 Å². The van der Waals surface area contributed by atoms with Crippen LogP contribution in [0.4, 0.5) is 24.5 Å². The van der Waals surface area contributed by atoms with Gasteiger partial charge in [-0.2, -0.15) is 13.2 Å². The molecule has 0 atom stereocenters. The third kappa shape index (κ3) is 7.03. The van der Waals surface area contributed by atoms with E-state index in [0.717, 1.165) is 23.9 Å². The molecule has 6 nitrogen and oxygen atoms in total. The number of benzene rings is 3. The number of anilines is 2. The molecule has 2 amide bonds. The lowest BCUT2D eigenvalue weighted by atomic mass is 10.1. The number of rotatable bonds is 7. The van der Waals surface area contributed by atoms with Crippen molar-refractivity contribution in [3.05, 3.63) is 85.3 Å². The first-order chi connectivity index (χ1) is 17.3. The summed E-state index contributed by atoms with van der Waals surface area (Å²) >= 11 is 25.0. The van der Waals surface area contributed by atoms with Crippen LogP contribution in [0.15, 0.2) is 53.4 Å². The molecule has 0 aliphatic rings. The van der Waals surface area contributed by atoms with Crippen molar-refractivity contribution in [2.24, 2.45) is 0 Å². The zero-order chi connectivity index (χ0) is 27.5. The zero-order valence-corrected chi connectivity index (χ0v) is 21.9. The fraction of sp³-hybridized carbons (Fsp3) is 0.0870. The summed E-state index contributed by atoms with van der Waals surface area (Å²) in [5.74, 6) is -3.05. The number of alkyl halides is 3. The molecular formula is C23H13Cl4F3N2O4S. The number of hydrogen-bond acceptors (Lipinski definition) is 4. The van der Waals surface area contributed by atoms with Gasteiger partial charge in [0.15, 0.2) is 0 Å². The molecule has 3 N–H and O–H groups in total. The van der Waals surface area contributed by atoms with Crippen LogP contribution in [0.25, 0.3) is 0 Å². The zero-order valence-electron chi connectivity index (χ0n) is 18.1. The van der Waals surface area contributed by atoms with Gasteiger partial charge in [-0.3, -0.25) is 9.59 Å². The fourth-order valence-electron chi connectivity index (χ4n) is 2.99. The Kier molecular flexibility index (Phi) is 9.25. The lowest BCUT2D eigenvalue weighted by Gasteiger charge is -2.14. The van der Waals surface area contributed by atoms with E-state index in [-0.39, 0.29) is 32.2 Å².